The fourth-order valence-corrected chi connectivity index (χ4v) is 4.48. The van der Waals surface area contributed by atoms with Crippen LogP contribution in [0.2, 0.25) is 0 Å². The van der Waals surface area contributed by atoms with Gasteiger partial charge < -0.3 is 29.6 Å². The van der Waals surface area contributed by atoms with Crippen LogP contribution in [0.25, 0.3) is 0 Å². The van der Waals surface area contributed by atoms with E-state index in [1.165, 1.54) is 25.1 Å². The quantitative estimate of drug-likeness (QED) is 0.217. The van der Waals surface area contributed by atoms with Crippen molar-refractivity contribution in [3.05, 3.63) is 53.6 Å². The van der Waals surface area contributed by atoms with Crippen molar-refractivity contribution < 1.29 is 33.8 Å². The summed E-state index contributed by atoms with van der Waals surface area (Å²) in [4.78, 5) is 43.9. The Bertz CT molecular complexity index is 1090. The number of likely N-dealkylation sites (tertiary alicyclic amines) is 1. The molecule has 1 aromatic rings. The highest BCUT2D eigenvalue weighted by Gasteiger charge is 2.19. The first kappa shape index (κ1) is 30.9. The van der Waals surface area contributed by atoms with E-state index in [1.54, 1.807) is 11.0 Å². The van der Waals surface area contributed by atoms with E-state index in [9.17, 15) is 19.5 Å². The fourth-order valence-electron chi connectivity index (χ4n) is 4.48. The van der Waals surface area contributed by atoms with Crippen LogP contribution in [0.4, 0.5) is 0 Å². The predicted molar refractivity (Wildman–Crippen MR) is 151 cm³/mol. The number of rotatable bonds is 8. The molecule has 0 aliphatic carbocycles. The summed E-state index contributed by atoms with van der Waals surface area (Å²) in [7, 11) is 0. The van der Waals surface area contributed by atoms with Crippen molar-refractivity contribution >= 4 is 23.5 Å². The second-order valence-corrected chi connectivity index (χ2v) is 10.1. The normalized spacial score (nSPS) is 22.9. The Labute approximate surface area is 236 Å². The molecule has 0 radical (unpaired) electrons. The molecule has 0 saturated carbocycles. The maximum absolute atomic E-state index is 13.0. The molecule has 1 fully saturated rings. The van der Waals surface area contributed by atoms with Gasteiger partial charge in [-0.05, 0) is 68.9 Å². The summed E-state index contributed by atoms with van der Waals surface area (Å²) in [6, 6.07) is 4.49. The molecule has 1 unspecified atom stereocenters. The minimum Gasteiger partial charge on any atom is -0.508 e. The minimum absolute atomic E-state index is 0.0147. The van der Waals surface area contributed by atoms with Crippen molar-refractivity contribution in [3.8, 4) is 5.75 Å². The number of benzene rings is 1. The molecule has 3 rings (SSSR count). The van der Waals surface area contributed by atoms with Crippen LogP contribution in [-0.4, -0.2) is 78.6 Å². The number of allylic oxidation sites excluding steroid dienone is 1. The fraction of sp³-hybridized carbons (Fsp3) is 0.533. The number of hydrogen-bond donors (Lipinski definition) is 2. The lowest BCUT2D eigenvalue weighted by molar-refractivity contribution is -0.137. The van der Waals surface area contributed by atoms with E-state index in [0.29, 0.717) is 49.3 Å². The third-order valence-corrected chi connectivity index (χ3v) is 6.59. The molecule has 0 bridgehead atoms. The van der Waals surface area contributed by atoms with Crippen molar-refractivity contribution in [2.24, 2.45) is 5.16 Å². The largest absolute Gasteiger partial charge is 0.508 e. The summed E-state index contributed by atoms with van der Waals surface area (Å²) < 4.78 is 11.7. The van der Waals surface area contributed by atoms with Crippen LogP contribution in [0.5, 0.6) is 5.75 Å². The van der Waals surface area contributed by atoms with Gasteiger partial charge in [0.15, 0.2) is 6.61 Å². The molecule has 2 N–H and O–H groups in total. The second-order valence-electron chi connectivity index (χ2n) is 10.1. The molecule has 10 nitrogen and oxygen atoms in total. The van der Waals surface area contributed by atoms with Crippen LogP contribution in [0.3, 0.4) is 0 Å². The zero-order valence-corrected chi connectivity index (χ0v) is 23.5. The average molecular weight is 556 g/mol. The Morgan fingerprint density at radius 3 is 2.75 bits per heavy atom. The lowest BCUT2D eigenvalue weighted by Gasteiger charge is -2.26. The van der Waals surface area contributed by atoms with E-state index in [0.717, 1.165) is 32.4 Å². The Balaban J connectivity index is 1.77. The highest BCUT2D eigenvalue weighted by molar-refractivity contribution is 5.99. The van der Waals surface area contributed by atoms with Gasteiger partial charge in [-0.2, -0.15) is 0 Å². The van der Waals surface area contributed by atoms with E-state index >= 15 is 0 Å². The molecule has 0 aromatic heterocycles. The number of ether oxygens (including phenoxy) is 2. The number of cyclic esters (lactones) is 1. The summed E-state index contributed by atoms with van der Waals surface area (Å²) in [6.07, 6.45) is 12.0. The number of esters is 1. The number of piperidine rings is 1. The van der Waals surface area contributed by atoms with Gasteiger partial charge in [-0.15, -0.1) is 0 Å². The maximum Gasteiger partial charge on any atom is 0.338 e. The number of nitrogens with one attached hydrogen (secondary N) is 1. The van der Waals surface area contributed by atoms with Crippen LogP contribution in [-0.2, 0) is 30.3 Å². The molecule has 0 spiro atoms. The van der Waals surface area contributed by atoms with Crippen molar-refractivity contribution in [2.75, 3.05) is 32.8 Å². The molecule has 2 aliphatic heterocycles. The van der Waals surface area contributed by atoms with E-state index in [2.05, 4.69) is 10.5 Å². The smallest absolute Gasteiger partial charge is 0.338 e. The van der Waals surface area contributed by atoms with Crippen molar-refractivity contribution in [1.82, 2.24) is 10.2 Å². The average Bonchev–Trinajstić information content (AvgIpc) is 2.92. The summed E-state index contributed by atoms with van der Waals surface area (Å²) in [5, 5.41) is 17.1. The first-order valence-corrected chi connectivity index (χ1v) is 14.0. The van der Waals surface area contributed by atoms with Crippen LogP contribution in [0.1, 0.15) is 68.3 Å². The van der Waals surface area contributed by atoms with Gasteiger partial charge in [-0.25, -0.2) is 4.79 Å². The minimum atomic E-state index is -0.497. The van der Waals surface area contributed by atoms with Crippen LogP contribution < -0.4 is 5.32 Å². The number of carbonyl (C=O) groups is 3. The molecular weight excluding hydrogens is 514 g/mol. The number of carbonyl (C=O) groups excluding carboxylic acids is 3. The van der Waals surface area contributed by atoms with Gasteiger partial charge in [0.2, 0.25) is 5.91 Å². The first-order chi connectivity index (χ1) is 19.3. The third kappa shape index (κ3) is 10.8. The van der Waals surface area contributed by atoms with Gasteiger partial charge in [0, 0.05) is 46.0 Å². The molecule has 1 saturated heterocycles. The molecule has 218 valence electrons. The summed E-state index contributed by atoms with van der Waals surface area (Å²) >= 11 is 0. The number of oxime groups is 1. The molecule has 2 heterocycles. The molecule has 2 aliphatic rings. The standard InChI is InChI=1S/C30H41N3O7/c1-22-9-6-11-27(38-18-8-15-31-23(2)34)12-7-10-25(32-39-21-29(36)33-16-4-3-5-17-33)19-24-20-26(35)13-14-28(24)30(37)40-22/h6-7,10-11,13-14,20,22,27,35H,3-5,8-9,12,15-19,21H2,1-2H3,(H,31,34)/b10-7+,11-6+,32-25-/t22-,27?/m1/s1. The van der Waals surface area contributed by atoms with Gasteiger partial charge >= 0.3 is 5.97 Å². The predicted octanol–water partition coefficient (Wildman–Crippen LogP) is 3.68. The lowest BCUT2D eigenvalue weighted by Crippen LogP contribution is -2.37. The monoisotopic (exact) mass is 555 g/mol. The van der Waals surface area contributed by atoms with Crippen LogP contribution in [0.15, 0.2) is 47.7 Å². The number of phenols is 1. The number of nitrogens with zero attached hydrogens (tertiary/aromatic N) is 2. The van der Waals surface area contributed by atoms with Crippen molar-refractivity contribution in [1.29, 1.82) is 0 Å². The summed E-state index contributed by atoms with van der Waals surface area (Å²) in [5.74, 6) is -0.669. The van der Waals surface area contributed by atoms with Gasteiger partial charge in [0.1, 0.15) is 11.9 Å². The Morgan fingerprint density at radius 1 is 1.18 bits per heavy atom. The molecule has 1 aromatic carbocycles. The molecular formula is C30H41N3O7. The first-order valence-electron chi connectivity index (χ1n) is 14.0. The Hall–Kier alpha value is -3.66. The second kappa shape index (κ2) is 16.4. The number of amides is 2. The SMILES string of the molecule is CC(=O)NCCCOC1/C=C/C[C@@H](C)OC(=O)c2ccc(O)cc2CC(=N\OCC(=O)N2CCCCC2)/C=C/C1. The highest BCUT2D eigenvalue weighted by Crippen LogP contribution is 2.21. The van der Waals surface area contributed by atoms with Gasteiger partial charge in [-0.3, -0.25) is 9.59 Å². The lowest BCUT2D eigenvalue weighted by atomic mass is 10.0. The number of aromatic hydroxyl groups is 1. The van der Waals surface area contributed by atoms with Gasteiger partial charge in [-0.1, -0.05) is 23.4 Å². The molecule has 40 heavy (non-hydrogen) atoms. The Kier molecular flexibility index (Phi) is 12.7. The molecule has 2 amide bonds. The van der Waals surface area contributed by atoms with E-state index in [-0.39, 0.29) is 42.8 Å². The van der Waals surface area contributed by atoms with Crippen LogP contribution in [0, 0.1) is 0 Å². The van der Waals surface area contributed by atoms with Crippen molar-refractivity contribution in [2.45, 2.75) is 71.0 Å². The molecule has 10 heteroatoms. The van der Waals surface area contributed by atoms with Crippen molar-refractivity contribution in [3.63, 3.8) is 0 Å². The Morgan fingerprint density at radius 2 is 1.98 bits per heavy atom. The van der Waals surface area contributed by atoms with E-state index in [4.69, 9.17) is 14.3 Å². The third-order valence-electron chi connectivity index (χ3n) is 6.59. The zero-order valence-electron chi connectivity index (χ0n) is 23.5. The summed E-state index contributed by atoms with van der Waals surface area (Å²) in [5.41, 5.74) is 1.34. The highest BCUT2D eigenvalue weighted by atomic mass is 16.6. The zero-order chi connectivity index (χ0) is 28.7. The van der Waals surface area contributed by atoms with Gasteiger partial charge in [0.25, 0.3) is 5.91 Å². The number of hydrogen-bond acceptors (Lipinski definition) is 8. The molecule has 2 atom stereocenters. The summed E-state index contributed by atoms with van der Waals surface area (Å²) in [6.45, 7) is 5.57. The van der Waals surface area contributed by atoms with E-state index in [1.807, 2.05) is 25.2 Å². The number of phenolic OH excluding ortho intramolecular Hbond substituents is 1. The number of fused-ring (bicyclic) bond motifs is 1. The van der Waals surface area contributed by atoms with Gasteiger partial charge in [0.05, 0.1) is 17.4 Å². The topological polar surface area (TPSA) is 127 Å². The van der Waals surface area contributed by atoms with Crippen LogP contribution >= 0.6 is 0 Å². The van der Waals surface area contributed by atoms with E-state index < -0.39 is 5.97 Å². The maximum atomic E-state index is 13.0.